The molecular formula is C15H18F3NO3. The summed E-state index contributed by atoms with van der Waals surface area (Å²) in [5, 5.41) is 2.41. The first-order valence-corrected chi connectivity index (χ1v) is 6.70. The maximum atomic E-state index is 13.0. The molecule has 0 heterocycles. The van der Waals surface area contributed by atoms with Gasteiger partial charge in [0.05, 0.1) is 12.7 Å². The van der Waals surface area contributed by atoms with Crippen molar-refractivity contribution in [2.45, 2.75) is 32.5 Å². The lowest BCUT2D eigenvalue weighted by molar-refractivity contribution is -0.146. The quantitative estimate of drug-likeness (QED) is 0.849. The lowest BCUT2D eigenvalue weighted by Gasteiger charge is -2.20. The van der Waals surface area contributed by atoms with Crippen LogP contribution in [0.2, 0.25) is 0 Å². The molecule has 0 fully saturated rings. The number of carbonyl (C=O) groups excluding carboxylic acids is 2. The Hall–Kier alpha value is -2.05. The van der Waals surface area contributed by atoms with Crippen LogP contribution in [0.1, 0.15) is 25.0 Å². The molecule has 0 aliphatic rings. The van der Waals surface area contributed by atoms with Gasteiger partial charge in [-0.1, -0.05) is 32.0 Å². The lowest BCUT2D eigenvalue weighted by atomic mass is 9.99. The molecule has 1 N–H and O–H groups in total. The van der Waals surface area contributed by atoms with Crippen LogP contribution in [0.15, 0.2) is 24.3 Å². The Labute approximate surface area is 126 Å². The van der Waals surface area contributed by atoms with E-state index < -0.39 is 35.6 Å². The van der Waals surface area contributed by atoms with E-state index in [4.69, 9.17) is 0 Å². The van der Waals surface area contributed by atoms with E-state index in [0.717, 1.165) is 13.2 Å². The molecule has 0 spiro atoms. The van der Waals surface area contributed by atoms with Crippen LogP contribution in [-0.4, -0.2) is 25.0 Å². The van der Waals surface area contributed by atoms with Crippen LogP contribution in [0.3, 0.4) is 0 Å². The van der Waals surface area contributed by atoms with E-state index in [2.05, 4.69) is 10.1 Å². The van der Waals surface area contributed by atoms with Crippen molar-refractivity contribution in [3.8, 4) is 0 Å². The highest BCUT2D eigenvalue weighted by Gasteiger charge is 2.34. The number of alkyl halides is 3. The van der Waals surface area contributed by atoms with E-state index in [-0.39, 0.29) is 12.0 Å². The van der Waals surface area contributed by atoms with Gasteiger partial charge in [0.15, 0.2) is 0 Å². The van der Waals surface area contributed by atoms with Crippen LogP contribution in [0.25, 0.3) is 0 Å². The molecule has 0 aromatic heterocycles. The molecule has 1 aromatic rings. The van der Waals surface area contributed by atoms with Crippen LogP contribution in [0.4, 0.5) is 13.2 Å². The number of nitrogens with one attached hydrogen (secondary N) is 1. The summed E-state index contributed by atoms with van der Waals surface area (Å²) in [5.74, 6) is -1.61. The topological polar surface area (TPSA) is 55.4 Å². The number of carbonyl (C=O) groups is 2. The number of rotatable bonds is 5. The molecular weight excluding hydrogens is 299 g/mol. The summed E-state index contributed by atoms with van der Waals surface area (Å²) >= 11 is 0. The van der Waals surface area contributed by atoms with Crippen molar-refractivity contribution in [1.82, 2.24) is 5.32 Å². The molecule has 7 heteroatoms. The van der Waals surface area contributed by atoms with Gasteiger partial charge in [-0.2, -0.15) is 13.2 Å². The second-order valence-corrected chi connectivity index (χ2v) is 5.10. The Morgan fingerprint density at radius 2 is 1.82 bits per heavy atom. The fourth-order valence-electron chi connectivity index (χ4n) is 1.87. The molecule has 0 saturated heterocycles. The van der Waals surface area contributed by atoms with Gasteiger partial charge in [-0.05, 0) is 11.6 Å². The summed E-state index contributed by atoms with van der Waals surface area (Å²) in [6, 6.07) is 3.77. The van der Waals surface area contributed by atoms with Gasteiger partial charge in [0.1, 0.15) is 6.04 Å². The van der Waals surface area contributed by atoms with E-state index in [0.29, 0.717) is 0 Å². The zero-order chi connectivity index (χ0) is 16.9. The van der Waals surface area contributed by atoms with Gasteiger partial charge in [0.2, 0.25) is 5.91 Å². The molecule has 1 atom stereocenters. The third-order valence-electron chi connectivity index (χ3n) is 3.07. The SMILES string of the molecule is COC(=O)[C@H](Cc1ccccc1C(F)(F)F)NC(=O)C(C)C. The number of benzene rings is 1. The molecule has 0 aliphatic heterocycles. The molecule has 0 radical (unpaired) electrons. The van der Waals surface area contributed by atoms with Gasteiger partial charge in [-0.15, -0.1) is 0 Å². The first kappa shape index (κ1) is 18.0. The van der Waals surface area contributed by atoms with Gasteiger partial charge < -0.3 is 10.1 Å². The van der Waals surface area contributed by atoms with Crippen molar-refractivity contribution in [3.05, 3.63) is 35.4 Å². The Balaban J connectivity index is 3.05. The predicted molar refractivity (Wildman–Crippen MR) is 73.9 cm³/mol. The molecule has 1 amide bonds. The zero-order valence-corrected chi connectivity index (χ0v) is 12.5. The van der Waals surface area contributed by atoms with Crippen molar-refractivity contribution >= 4 is 11.9 Å². The molecule has 0 aliphatic carbocycles. The second kappa shape index (κ2) is 7.29. The third kappa shape index (κ3) is 4.75. The molecule has 0 bridgehead atoms. The van der Waals surface area contributed by atoms with Gasteiger partial charge in [0.25, 0.3) is 0 Å². The molecule has 1 aromatic carbocycles. The number of hydrogen-bond donors (Lipinski definition) is 1. The van der Waals surface area contributed by atoms with Gasteiger partial charge in [-0.25, -0.2) is 4.79 Å². The van der Waals surface area contributed by atoms with Crippen LogP contribution in [0, 0.1) is 5.92 Å². The van der Waals surface area contributed by atoms with Crippen molar-refractivity contribution in [1.29, 1.82) is 0 Å². The zero-order valence-electron chi connectivity index (χ0n) is 12.5. The fourth-order valence-corrected chi connectivity index (χ4v) is 1.87. The first-order valence-electron chi connectivity index (χ1n) is 6.70. The largest absolute Gasteiger partial charge is 0.467 e. The monoisotopic (exact) mass is 317 g/mol. The molecule has 22 heavy (non-hydrogen) atoms. The Morgan fingerprint density at radius 3 is 2.32 bits per heavy atom. The molecule has 122 valence electrons. The minimum Gasteiger partial charge on any atom is -0.467 e. The van der Waals surface area contributed by atoms with E-state index in [1.807, 2.05) is 0 Å². The summed E-state index contributed by atoms with van der Waals surface area (Å²) in [6.07, 6.45) is -4.82. The summed E-state index contributed by atoms with van der Waals surface area (Å²) in [7, 11) is 1.12. The van der Waals surface area contributed by atoms with Crippen LogP contribution < -0.4 is 5.32 Å². The average Bonchev–Trinajstić information content (AvgIpc) is 2.44. The summed E-state index contributed by atoms with van der Waals surface area (Å²) in [5.41, 5.74) is -0.905. The normalized spacial score (nSPS) is 12.9. The molecule has 1 rings (SSSR count). The molecule has 0 saturated carbocycles. The fraction of sp³-hybridized carbons (Fsp3) is 0.467. The highest BCUT2D eigenvalue weighted by molar-refractivity contribution is 5.85. The van der Waals surface area contributed by atoms with E-state index >= 15 is 0 Å². The number of ether oxygens (including phenoxy) is 1. The van der Waals surface area contributed by atoms with E-state index in [9.17, 15) is 22.8 Å². The van der Waals surface area contributed by atoms with Crippen molar-refractivity contribution in [2.24, 2.45) is 5.92 Å². The second-order valence-electron chi connectivity index (χ2n) is 5.10. The first-order chi connectivity index (χ1) is 10.2. The standard InChI is InChI=1S/C15H18F3NO3/c1-9(2)13(20)19-12(14(21)22-3)8-10-6-4-5-7-11(10)15(16,17)18/h4-7,9,12H,8H2,1-3H3,(H,19,20)/t12-/m0/s1. The minimum atomic E-state index is -4.53. The summed E-state index contributed by atoms with van der Waals surface area (Å²) in [6.45, 7) is 3.24. The minimum absolute atomic E-state index is 0.0746. The Morgan fingerprint density at radius 1 is 1.23 bits per heavy atom. The third-order valence-corrected chi connectivity index (χ3v) is 3.07. The van der Waals surface area contributed by atoms with Crippen molar-refractivity contribution in [2.75, 3.05) is 7.11 Å². The maximum Gasteiger partial charge on any atom is 0.416 e. The maximum absolute atomic E-state index is 13.0. The van der Waals surface area contributed by atoms with Crippen LogP contribution in [-0.2, 0) is 26.9 Å². The molecule has 0 unspecified atom stereocenters. The predicted octanol–water partition coefficient (Wildman–Crippen LogP) is 2.56. The highest BCUT2D eigenvalue weighted by Crippen LogP contribution is 2.32. The summed E-state index contributed by atoms with van der Waals surface area (Å²) in [4.78, 5) is 23.4. The van der Waals surface area contributed by atoms with Gasteiger partial charge in [-0.3, -0.25) is 4.79 Å². The van der Waals surface area contributed by atoms with Gasteiger partial charge in [0, 0.05) is 12.3 Å². The lowest BCUT2D eigenvalue weighted by Crippen LogP contribution is -2.44. The van der Waals surface area contributed by atoms with Crippen molar-refractivity contribution in [3.63, 3.8) is 0 Å². The van der Waals surface area contributed by atoms with Crippen molar-refractivity contribution < 1.29 is 27.5 Å². The summed E-state index contributed by atoms with van der Waals surface area (Å²) < 4.78 is 43.5. The number of halogens is 3. The average molecular weight is 317 g/mol. The van der Waals surface area contributed by atoms with E-state index in [1.54, 1.807) is 13.8 Å². The number of esters is 1. The highest BCUT2D eigenvalue weighted by atomic mass is 19.4. The molecule has 4 nitrogen and oxygen atoms in total. The van der Waals surface area contributed by atoms with Crippen LogP contribution in [0.5, 0.6) is 0 Å². The Kier molecular flexibility index (Phi) is 5.96. The van der Waals surface area contributed by atoms with Gasteiger partial charge >= 0.3 is 12.1 Å². The number of amides is 1. The van der Waals surface area contributed by atoms with E-state index in [1.165, 1.54) is 18.2 Å². The smallest absolute Gasteiger partial charge is 0.416 e. The van der Waals surface area contributed by atoms with Crippen LogP contribution >= 0.6 is 0 Å². The number of hydrogen-bond acceptors (Lipinski definition) is 3. The Bertz CT molecular complexity index is 541. The number of methoxy groups -OCH3 is 1.